The molecule has 0 aliphatic rings. The maximum absolute atomic E-state index is 12.0. The number of benzene rings is 2. The van der Waals surface area contributed by atoms with Gasteiger partial charge in [0.25, 0.3) is 5.69 Å². The second kappa shape index (κ2) is 6.69. The number of carbonyl (C=O) groups excluding carboxylic acids is 1. The van der Waals surface area contributed by atoms with E-state index in [4.69, 9.17) is 16.3 Å². The van der Waals surface area contributed by atoms with Gasteiger partial charge < -0.3 is 4.74 Å². The Labute approximate surface area is 133 Å². The van der Waals surface area contributed by atoms with Crippen LogP contribution in [0.1, 0.15) is 10.4 Å². The molecule has 0 atom stereocenters. The lowest BCUT2D eigenvalue weighted by Gasteiger charge is -2.07. The second-order valence-corrected chi connectivity index (χ2v) is 5.42. The van der Waals surface area contributed by atoms with Gasteiger partial charge in [0.1, 0.15) is 5.75 Å². The topological polar surface area (TPSA) is 69.4 Å². The van der Waals surface area contributed by atoms with E-state index in [1.807, 2.05) is 0 Å². The summed E-state index contributed by atoms with van der Waals surface area (Å²) in [6.07, 6.45) is 0. The maximum Gasteiger partial charge on any atom is 0.273 e. The Morgan fingerprint density at radius 1 is 1.29 bits per heavy atom. The lowest BCUT2D eigenvalue weighted by molar-refractivity contribution is -0.384. The number of nitro groups is 1. The highest BCUT2D eigenvalue weighted by Gasteiger charge is 2.13. The minimum atomic E-state index is -0.556. The van der Waals surface area contributed by atoms with Crippen LogP contribution in [0.4, 0.5) is 5.69 Å². The fourth-order valence-corrected chi connectivity index (χ4v) is 2.18. The number of halogens is 2. The monoisotopic (exact) mass is 369 g/mol. The van der Waals surface area contributed by atoms with Gasteiger partial charge in [0.15, 0.2) is 12.4 Å². The Morgan fingerprint density at radius 2 is 2.05 bits per heavy atom. The van der Waals surface area contributed by atoms with Crippen molar-refractivity contribution in [3.8, 4) is 5.75 Å². The molecule has 5 nitrogen and oxygen atoms in total. The minimum absolute atomic E-state index is 0.106. The first-order valence-corrected chi connectivity index (χ1v) is 7.00. The molecule has 0 heterocycles. The molecule has 0 aromatic heterocycles. The number of nitro benzene ring substituents is 1. The first-order chi connectivity index (χ1) is 9.97. The molecule has 0 amide bonds. The van der Waals surface area contributed by atoms with Gasteiger partial charge in [-0.1, -0.05) is 39.7 Å². The third-order valence-corrected chi connectivity index (χ3v) is 3.44. The quantitative estimate of drug-likeness (QED) is 0.448. The summed E-state index contributed by atoms with van der Waals surface area (Å²) in [6, 6.07) is 10.7. The molecule has 0 saturated carbocycles. The van der Waals surface area contributed by atoms with Crippen LogP contribution in [0.3, 0.4) is 0 Å². The van der Waals surface area contributed by atoms with Gasteiger partial charge in [0, 0.05) is 16.1 Å². The highest BCUT2D eigenvalue weighted by Crippen LogP contribution is 2.29. The van der Waals surface area contributed by atoms with Gasteiger partial charge in [-0.25, -0.2) is 0 Å². The molecule has 21 heavy (non-hydrogen) atoms. The number of ketones is 1. The van der Waals surface area contributed by atoms with Gasteiger partial charge in [-0.15, -0.1) is 0 Å². The van der Waals surface area contributed by atoms with E-state index in [2.05, 4.69) is 15.9 Å². The molecule has 108 valence electrons. The smallest absolute Gasteiger partial charge is 0.273 e. The van der Waals surface area contributed by atoms with Crippen molar-refractivity contribution in [2.24, 2.45) is 0 Å². The highest BCUT2D eigenvalue weighted by atomic mass is 79.9. The summed E-state index contributed by atoms with van der Waals surface area (Å²) >= 11 is 9.16. The zero-order valence-electron chi connectivity index (χ0n) is 10.6. The number of hydrogen-bond donors (Lipinski definition) is 0. The van der Waals surface area contributed by atoms with Crippen molar-refractivity contribution in [3.63, 3.8) is 0 Å². The first kappa shape index (κ1) is 15.5. The lowest BCUT2D eigenvalue weighted by Crippen LogP contribution is -2.11. The Morgan fingerprint density at radius 3 is 2.71 bits per heavy atom. The molecule has 2 rings (SSSR count). The SMILES string of the molecule is O=C(COc1cc([N+](=O)[O-])ccc1Cl)c1cccc(Br)c1. The fourth-order valence-electron chi connectivity index (χ4n) is 1.60. The van der Waals surface area contributed by atoms with Crippen molar-refractivity contribution in [2.75, 3.05) is 6.61 Å². The summed E-state index contributed by atoms with van der Waals surface area (Å²) in [5.41, 5.74) is 0.329. The number of carbonyl (C=O) groups is 1. The summed E-state index contributed by atoms with van der Waals surface area (Å²) in [5.74, 6) is -0.145. The molecular weight excluding hydrogens is 362 g/mol. The molecule has 0 unspecified atom stereocenters. The zero-order valence-corrected chi connectivity index (χ0v) is 12.9. The minimum Gasteiger partial charge on any atom is -0.484 e. The Hall–Kier alpha value is -1.92. The molecular formula is C14H9BrClNO4. The van der Waals surface area contributed by atoms with Gasteiger partial charge in [0.2, 0.25) is 0 Å². The predicted octanol–water partition coefficient (Wildman–Crippen LogP) is 4.27. The van der Waals surface area contributed by atoms with E-state index < -0.39 is 4.92 Å². The average Bonchev–Trinajstić information content (AvgIpc) is 2.45. The predicted molar refractivity (Wildman–Crippen MR) is 82.1 cm³/mol. The normalized spacial score (nSPS) is 10.2. The number of non-ortho nitro benzene ring substituents is 1. The summed E-state index contributed by atoms with van der Waals surface area (Å²) in [7, 11) is 0. The molecule has 0 bridgehead atoms. The van der Waals surface area contributed by atoms with Crippen molar-refractivity contribution in [1.29, 1.82) is 0 Å². The molecule has 2 aromatic carbocycles. The number of rotatable bonds is 5. The summed E-state index contributed by atoms with van der Waals surface area (Å²) < 4.78 is 6.06. The van der Waals surface area contributed by atoms with Crippen LogP contribution in [0.2, 0.25) is 5.02 Å². The molecule has 0 saturated heterocycles. The fraction of sp³-hybridized carbons (Fsp3) is 0.0714. The van der Waals surface area contributed by atoms with Crippen LogP contribution in [-0.4, -0.2) is 17.3 Å². The van der Waals surface area contributed by atoms with E-state index in [1.165, 1.54) is 18.2 Å². The molecule has 0 aliphatic heterocycles. The molecule has 2 aromatic rings. The Balaban J connectivity index is 2.11. The van der Waals surface area contributed by atoms with E-state index >= 15 is 0 Å². The standard InChI is InChI=1S/C14H9BrClNO4/c15-10-3-1-2-9(6-10)13(18)8-21-14-7-11(17(19)20)4-5-12(14)16/h1-7H,8H2. The summed E-state index contributed by atoms with van der Waals surface area (Å²) in [5, 5.41) is 10.9. The van der Waals surface area contributed by atoms with Crippen molar-refractivity contribution in [1.82, 2.24) is 0 Å². The van der Waals surface area contributed by atoms with Crippen LogP contribution in [0.15, 0.2) is 46.9 Å². The molecule has 0 fully saturated rings. The largest absolute Gasteiger partial charge is 0.484 e. The van der Waals surface area contributed by atoms with Crippen LogP contribution in [0, 0.1) is 10.1 Å². The van der Waals surface area contributed by atoms with Crippen LogP contribution in [0.5, 0.6) is 5.75 Å². The van der Waals surface area contributed by atoms with Gasteiger partial charge in [-0.2, -0.15) is 0 Å². The van der Waals surface area contributed by atoms with Crippen molar-refractivity contribution < 1.29 is 14.5 Å². The van der Waals surface area contributed by atoms with E-state index in [0.717, 1.165) is 4.47 Å². The lowest BCUT2D eigenvalue weighted by atomic mass is 10.1. The van der Waals surface area contributed by atoms with Gasteiger partial charge in [-0.3, -0.25) is 14.9 Å². The first-order valence-electron chi connectivity index (χ1n) is 5.83. The van der Waals surface area contributed by atoms with Crippen LogP contribution >= 0.6 is 27.5 Å². The number of Topliss-reactive ketones (excluding diaryl/α,β-unsaturated/α-hetero) is 1. The summed E-state index contributed by atoms with van der Waals surface area (Å²) in [6.45, 7) is -0.253. The van der Waals surface area contributed by atoms with Crippen LogP contribution in [-0.2, 0) is 0 Å². The zero-order chi connectivity index (χ0) is 15.4. The molecule has 7 heteroatoms. The molecule has 0 radical (unpaired) electrons. The van der Waals surface area contributed by atoms with Gasteiger partial charge in [-0.05, 0) is 18.2 Å². The molecule has 0 spiro atoms. The third kappa shape index (κ3) is 4.03. The highest BCUT2D eigenvalue weighted by molar-refractivity contribution is 9.10. The Kier molecular flexibility index (Phi) is 4.93. The van der Waals surface area contributed by atoms with Crippen molar-refractivity contribution in [3.05, 3.63) is 67.6 Å². The van der Waals surface area contributed by atoms with Gasteiger partial charge in [0.05, 0.1) is 16.0 Å². The van der Waals surface area contributed by atoms with Crippen LogP contribution < -0.4 is 4.74 Å². The van der Waals surface area contributed by atoms with E-state index in [9.17, 15) is 14.9 Å². The van der Waals surface area contributed by atoms with E-state index in [1.54, 1.807) is 24.3 Å². The van der Waals surface area contributed by atoms with E-state index in [0.29, 0.717) is 5.56 Å². The van der Waals surface area contributed by atoms with E-state index in [-0.39, 0.29) is 28.8 Å². The van der Waals surface area contributed by atoms with Crippen molar-refractivity contribution >= 4 is 39.0 Å². The molecule has 0 N–H and O–H groups in total. The van der Waals surface area contributed by atoms with Gasteiger partial charge >= 0.3 is 0 Å². The maximum atomic E-state index is 12.0. The number of nitrogens with zero attached hydrogens (tertiary/aromatic N) is 1. The second-order valence-electron chi connectivity index (χ2n) is 4.09. The molecule has 0 aliphatic carbocycles. The number of hydrogen-bond acceptors (Lipinski definition) is 4. The number of ether oxygens (including phenoxy) is 1. The summed E-state index contributed by atoms with van der Waals surface area (Å²) in [4.78, 5) is 22.1. The van der Waals surface area contributed by atoms with Crippen LogP contribution in [0.25, 0.3) is 0 Å². The average molecular weight is 371 g/mol. The van der Waals surface area contributed by atoms with Crippen molar-refractivity contribution in [2.45, 2.75) is 0 Å². The third-order valence-electron chi connectivity index (χ3n) is 2.63. The Bertz CT molecular complexity index is 705.